The van der Waals surface area contributed by atoms with Crippen molar-refractivity contribution < 1.29 is 18.6 Å². The molecule has 0 spiro atoms. The Balaban J connectivity index is 1.81. The molecule has 0 saturated carbocycles. The van der Waals surface area contributed by atoms with Gasteiger partial charge in [-0.3, -0.25) is 0 Å². The van der Waals surface area contributed by atoms with Gasteiger partial charge in [-0.25, -0.2) is 9.37 Å². The van der Waals surface area contributed by atoms with Crippen molar-refractivity contribution in [1.29, 1.82) is 0 Å². The Bertz CT molecular complexity index is 681. The number of imidazole rings is 1. The lowest BCUT2D eigenvalue weighted by Gasteiger charge is -2.23. The van der Waals surface area contributed by atoms with Gasteiger partial charge in [0.1, 0.15) is 11.6 Å². The van der Waals surface area contributed by atoms with Crippen LogP contribution in [0.4, 0.5) is 4.39 Å². The Morgan fingerprint density at radius 1 is 1.25 bits per heavy atom. The largest absolute Gasteiger partial charge is 0.493 e. The maximum absolute atomic E-state index is 14.5. The number of halogens is 1. The van der Waals surface area contributed by atoms with Gasteiger partial charge in [-0.2, -0.15) is 0 Å². The van der Waals surface area contributed by atoms with Crippen LogP contribution in [0.25, 0.3) is 11.4 Å². The highest BCUT2D eigenvalue weighted by molar-refractivity contribution is 5.62. The van der Waals surface area contributed by atoms with Crippen LogP contribution < -0.4 is 9.47 Å². The van der Waals surface area contributed by atoms with Crippen LogP contribution in [0.5, 0.6) is 11.5 Å². The molecule has 6 heteroatoms. The number of rotatable bonds is 6. The molecule has 2 heterocycles. The Morgan fingerprint density at radius 3 is 2.75 bits per heavy atom. The van der Waals surface area contributed by atoms with E-state index in [1.165, 1.54) is 26.7 Å². The van der Waals surface area contributed by atoms with Gasteiger partial charge in [-0.15, -0.1) is 0 Å². The first-order valence-corrected chi connectivity index (χ1v) is 8.27. The molecule has 5 nitrogen and oxygen atoms in total. The molecule has 1 atom stereocenters. The third-order valence-electron chi connectivity index (χ3n) is 4.40. The van der Waals surface area contributed by atoms with Gasteiger partial charge in [0.2, 0.25) is 0 Å². The zero-order valence-corrected chi connectivity index (χ0v) is 14.1. The highest BCUT2D eigenvalue weighted by Gasteiger charge is 2.18. The van der Waals surface area contributed by atoms with Crippen LogP contribution in [0.3, 0.4) is 0 Å². The third-order valence-corrected chi connectivity index (χ3v) is 4.40. The quantitative estimate of drug-likeness (QED) is 0.809. The topological polar surface area (TPSA) is 45.5 Å². The van der Waals surface area contributed by atoms with Crippen LogP contribution in [-0.2, 0) is 11.3 Å². The molecule has 3 rings (SSSR count). The minimum absolute atomic E-state index is 0.282. The number of aromatic nitrogens is 2. The third kappa shape index (κ3) is 3.53. The van der Waals surface area contributed by atoms with Gasteiger partial charge in [0, 0.05) is 31.6 Å². The summed E-state index contributed by atoms with van der Waals surface area (Å²) in [5.41, 5.74) is 0.405. The predicted molar refractivity (Wildman–Crippen MR) is 88.9 cm³/mol. The van der Waals surface area contributed by atoms with Gasteiger partial charge >= 0.3 is 0 Å². The van der Waals surface area contributed by atoms with Crippen LogP contribution in [0, 0.1) is 5.82 Å². The van der Waals surface area contributed by atoms with Crippen molar-refractivity contribution in [2.75, 3.05) is 20.8 Å². The van der Waals surface area contributed by atoms with Crippen LogP contribution in [0.15, 0.2) is 24.5 Å². The summed E-state index contributed by atoms with van der Waals surface area (Å²) in [5.74, 6) is 1.06. The molecule has 1 aromatic carbocycles. The van der Waals surface area contributed by atoms with Gasteiger partial charge in [-0.1, -0.05) is 0 Å². The monoisotopic (exact) mass is 334 g/mol. The van der Waals surface area contributed by atoms with Gasteiger partial charge in [-0.05, 0) is 31.7 Å². The summed E-state index contributed by atoms with van der Waals surface area (Å²) in [6.07, 6.45) is 8.19. The molecule has 0 aliphatic carbocycles. The normalized spacial score (nSPS) is 17.7. The number of benzene rings is 1. The van der Waals surface area contributed by atoms with E-state index in [2.05, 4.69) is 4.98 Å². The molecule has 1 aliphatic heterocycles. The molecular weight excluding hydrogens is 311 g/mol. The van der Waals surface area contributed by atoms with Gasteiger partial charge < -0.3 is 18.8 Å². The first-order valence-electron chi connectivity index (χ1n) is 8.27. The van der Waals surface area contributed by atoms with E-state index in [1.54, 1.807) is 12.3 Å². The molecule has 1 fully saturated rings. The number of hydrogen-bond donors (Lipinski definition) is 0. The van der Waals surface area contributed by atoms with E-state index in [4.69, 9.17) is 14.2 Å². The average Bonchev–Trinajstić information content (AvgIpc) is 3.08. The summed E-state index contributed by atoms with van der Waals surface area (Å²) in [5, 5.41) is 0. The van der Waals surface area contributed by atoms with Crippen LogP contribution in [0.1, 0.15) is 25.7 Å². The molecule has 1 saturated heterocycles. The molecule has 0 amide bonds. The Morgan fingerprint density at radius 2 is 2.04 bits per heavy atom. The van der Waals surface area contributed by atoms with Crippen molar-refractivity contribution in [3.8, 4) is 22.9 Å². The van der Waals surface area contributed by atoms with E-state index in [9.17, 15) is 4.39 Å². The maximum atomic E-state index is 14.5. The predicted octanol–water partition coefficient (Wildman–Crippen LogP) is 3.67. The summed E-state index contributed by atoms with van der Waals surface area (Å²) >= 11 is 0. The smallest absolute Gasteiger partial charge is 0.163 e. The summed E-state index contributed by atoms with van der Waals surface area (Å²) < 4.78 is 32.6. The number of methoxy groups -OCH3 is 2. The first-order chi connectivity index (χ1) is 11.7. The molecule has 24 heavy (non-hydrogen) atoms. The van der Waals surface area contributed by atoms with Crippen LogP contribution >= 0.6 is 0 Å². The second-order valence-corrected chi connectivity index (χ2v) is 5.91. The highest BCUT2D eigenvalue weighted by atomic mass is 19.1. The second-order valence-electron chi connectivity index (χ2n) is 5.91. The standard InChI is InChI=1S/C18H23FN2O3/c1-22-16-11-14(15(19)12-17(16)23-2)18-20-7-9-21(18)8-6-13-5-3-4-10-24-13/h7,9,11-13H,3-6,8,10H2,1-2H3/t13-/m1/s1. The molecule has 0 N–H and O–H groups in total. The Labute approximate surface area is 141 Å². The van der Waals surface area contributed by atoms with E-state index in [0.29, 0.717) is 22.9 Å². The van der Waals surface area contributed by atoms with E-state index in [0.717, 1.165) is 32.4 Å². The number of ether oxygens (including phenoxy) is 3. The van der Waals surface area contributed by atoms with Crippen LogP contribution in [0.2, 0.25) is 0 Å². The van der Waals surface area contributed by atoms with Crippen molar-refractivity contribution in [3.05, 3.63) is 30.3 Å². The van der Waals surface area contributed by atoms with Gasteiger partial charge in [0.15, 0.2) is 11.5 Å². The van der Waals surface area contributed by atoms with Crippen molar-refractivity contribution in [1.82, 2.24) is 9.55 Å². The highest BCUT2D eigenvalue weighted by Crippen LogP contribution is 2.34. The fourth-order valence-electron chi connectivity index (χ4n) is 3.08. The number of nitrogens with zero attached hydrogens (tertiary/aromatic N) is 2. The summed E-state index contributed by atoms with van der Waals surface area (Å²) in [6, 6.07) is 2.96. The lowest BCUT2D eigenvalue weighted by molar-refractivity contribution is 0.00887. The van der Waals surface area contributed by atoms with E-state index < -0.39 is 0 Å². The van der Waals surface area contributed by atoms with E-state index in [1.807, 2.05) is 10.8 Å². The van der Waals surface area contributed by atoms with Crippen molar-refractivity contribution in [2.24, 2.45) is 0 Å². The summed E-state index contributed by atoms with van der Waals surface area (Å²) in [7, 11) is 3.02. The lowest BCUT2D eigenvalue weighted by atomic mass is 10.1. The van der Waals surface area contributed by atoms with Gasteiger partial charge in [0.25, 0.3) is 0 Å². The Kier molecular flexibility index (Phi) is 5.35. The average molecular weight is 334 g/mol. The molecule has 130 valence electrons. The maximum Gasteiger partial charge on any atom is 0.163 e. The molecule has 1 aliphatic rings. The zero-order chi connectivity index (χ0) is 16.9. The van der Waals surface area contributed by atoms with Gasteiger partial charge in [0.05, 0.1) is 25.9 Å². The Hall–Kier alpha value is -2.08. The lowest BCUT2D eigenvalue weighted by Crippen LogP contribution is -2.20. The second kappa shape index (κ2) is 7.66. The molecular formula is C18H23FN2O3. The van der Waals surface area contributed by atoms with Crippen molar-refractivity contribution >= 4 is 0 Å². The van der Waals surface area contributed by atoms with Crippen molar-refractivity contribution in [2.45, 2.75) is 38.3 Å². The fraction of sp³-hybridized carbons (Fsp3) is 0.500. The van der Waals surface area contributed by atoms with E-state index in [-0.39, 0.29) is 11.9 Å². The van der Waals surface area contributed by atoms with Crippen molar-refractivity contribution in [3.63, 3.8) is 0 Å². The first kappa shape index (κ1) is 16.8. The zero-order valence-electron chi connectivity index (χ0n) is 14.1. The molecule has 1 aromatic heterocycles. The van der Waals surface area contributed by atoms with E-state index >= 15 is 0 Å². The molecule has 2 aromatic rings. The SMILES string of the molecule is COc1cc(F)c(-c2nccn2CC[C@H]2CCCCO2)cc1OC. The fourth-order valence-corrected chi connectivity index (χ4v) is 3.08. The molecule has 0 bridgehead atoms. The molecule has 0 radical (unpaired) electrons. The summed E-state index contributed by atoms with van der Waals surface area (Å²) in [4.78, 5) is 4.33. The summed E-state index contributed by atoms with van der Waals surface area (Å²) in [6.45, 7) is 1.58. The van der Waals surface area contributed by atoms with Crippen LogP contribution in [-0.4, -0.2) is 36.5 Å². The molecule has 0 unspecified atom stereocenters. The minimum atomic E-state index is -0.381. The number of aryl methyl sites for hydroxylation is 1. The minimum Gasteiger partial charge on any atom is -0.493 e. The number of hydrogen-bond acceptors (Lipinski definition) is 4.